The van der Waals surface area contributed by atoms with Crippen molar-refractivity contribution in [2.45, 2.75) is 11.5 Å². The zero-order chi connectivity index (χ0) is 8.97. The minimum Gasteiger partial charge on any atom is -0.392 e. The zero-order valence-electron chi connectivity index (χ0n) is 6.74. The molecule has 2 nitrogen and oxygen atoms in total. The molecule has 0 spiro atoms. The normalized spacial score (nSPS) is 9.42. The van der Waals surface area contributed by atoms with E-state index >= 15 is 0 Å². The van der Waals surface area contributed by atoms with E-state index in [1.165, 1.54) is 0 Å². The Morgan fingerprint density at radius 1 is 1.58 bits per heavy atom. The number of nitriles is 1. The summed E-state index contributed by atoms with van der Waals surface area (Å²) in [5.74, 6) is 0. The number of thioether (sulfide) groups is 1. The van der Waals surface area contributed by atoms with Gasteiger partial charge in [-0.25, -0.2) is 0 Å². The van der Waals surface area contributed by atoms with E-state index in [0.29, 0.717) is 11.1 Å². The van der Waals surface area contributed by atoms with E-state index in [0.717, 1.165) is 4.90 Å². The van der Waals surface area contributed by atoms with Crippen molar-refractivity contribution in [3.05, 3.63) is 29.3 Å². The molecular formula is C9H9NOS. The van der Waals surface area contributed by atoms with Crippen molar-refractivity contribution in [1.82, 2.24) is 0 Å². The predicted molar refractivity (Wildman–Crippen MR) is 48.9 cm³/mol. The van der Waals surface area contributed by atoms with Crippen LogP contribution in [0.3, 0.4) is 0 Å². The first-order valence-electron chi connectivity index (χ1n) is 3.49. The van der Waals surface area contributed by atoms with Gasteiger partial charge in [0.15, 0.2) is 0 Å². The van der Waals surface area contributed by atoms with Crippen LogP contribution in [0.4, 0.5) is 0 Å². The van der Waals surface area contributed by atoms with E-state index in [1.807, 2.05) is 18.4 Å². The van der Waals surface area contributed by atoms with Crippen LogP contribution in [-0.2, 0) is 6.61 Å². The molecule has 0 radical (unpaired) electrons. The van der Waals surface area contributed by atoms with Crippen molar-refractivity contribution in [2.24, 2.45) is 0 Å². The van der Waals surface area contributed by atoms with Gasteiger partial charge in [0.1, 0.15) is 0 Å². The Morgan fingerprint density at radius 2 is 2.33 bits per heavy atom. The van der Waals surface area contributed by atoms with Gasteiger partial charge >= 0.3 is 0 Å². The van der Waals surface area contributed by atoms with Gasteiger partial charge in [0.05, 0.1) is 18.2 Å². The second-order valence-electron chi connectivity index (χ2n) is 2.29. The molecule has 1 N–H and O–H groups in total. The van der Waals surface area contributed by atoms with Crippen LogP contribution < -0.4 is 0 Å². The molecule has 0 aliphatic rings. The molecule has 3 heteroatoms. The molecule has 1 rings (SSSR count). The lowest BCUT2D eigenvalue weighted by molar-refractivity contribution is 0.281. The van der Waals surface area contributed by atoms with Gasteiger partial charge < -0.3 is 5.11 Å². The van der Waals surface area contributed by atoms with Crippen LogP contribution in [0.15, 0.2) is 23.1 Å². The van der Waals surface area contributed by atoms with Gasteiger partial charge in [0.2, 0.25) is 0 Å². The summed E-state index contributed by atoms with van der Waals surface area (Å²) >= 11 is 1.58. The highest BCUT2D eigenvalue weighted by molar-refractivity contribution is 7.98. The molecule has 0 saturated heterocycles. The molecule has 0 aromatic heterocycles. The summed E-state index contributed by atoms with van der Waals surface area (Å²) < 4.78 is 0. The Bertz CT molecular complexity index is 317. The van der Waals surface area contributed by atoms with Gasteiger partial charge in [0, 0.05) is 4.90 Å². The van der Waals surface area contributed by atoms with Crippen LogP contribution in [0.2, 0.25) is 0 Å². The van der Waals surface area contributed by atoms with Gasteiger partial charge in [-0.05, 0) is 24.0 Å². The third-order valence-electron chi connectivity index (χ3n) is 1.61. The maximum atomic E-state index is 8.86. The average Bonchev–Trinajstić information content (AvgIpc) is 2.16. The monoisotopic (exact) mass is 179 g/mol. The second-order valence-corrected chi connectivity index (χ2v) is 3.17. The average molecular weight is 179 g/mol. The van der Waals surface area contributed by atoms with Crippen LogP contribution in [0.1, 0.15) is 11.1 Å². The SMILES string of the molecule is CSc1ccc(CO)c(C#N)c1. The van der Waals surface area contributed by atoms with E-state index in [-0.39, 0.29) is 6.61 Å². The molecule has 0 amide bonds. The van der Waals surface area contributed by atoms with Gasteiger partial charge in [-0.3, -0.25) is 0 Å². The number of hydrogen-bond donors (Lipinski definition) is 1. The zero-order valence-corrected chi connectivity index (χ0v) is 7.56. The number of benzene rings is 1. The van der Waals surface area contributed by atoms with Crippen molar-refractivity contribution in [2.75, 3.05) is 6.26 Å². The van der Waals surface area contributed by atoms with Gasteiger partial charge in [-0.15, -0.1) is 11.8 Å². The number of hydrogen-bond acceptors (Lipinski definition) is 3. The standard InChI is InChI=1S/C9H9NOS/c1-12-9-3-2-7(6-11)8(4-9)5-10/h2-4,11H,6H2,1H3. The third-order valence-corrected chi connectivity index (χ3v) is 2.33. The van der Waals surface area contributed by atoms with E-state index in [2.05, 4.69) is 0 Å². The third kappa shape index (κ3) is 1.79. The Balaban J connectivity index is 3.13. The molecule has 1 aromatic rings. The van der Waals surface area contributed by atoms with E-state index in [4.69, 9.17) is 10.4 Å². The fourth-order valence-corrected chi connectivity index (χ4v) is 1.36. The Kier molecular flexibility index (Phi) is 3.15. The summed E-state index contributed by atoms with van der Waals surface area (Å²) in [4.78, 5) is 1.05. The maximum Gasteiger partial charge on any atom is 0.0995 e. The maximum absolute atomic E-state index is 8.86. The number of nitrogens with zero attached hydrogens (tertiary/aromatic N) is 1. The molecule has 0 aliphatic carbocycles. The predicted octanol–water partition coefficient (Wildman–Crippen LogP) is 1.77. The van der Waals surface area contributed by atoms with Crippen molar-refractivity contribution in [1.29, 1.82) is 5.26 Å². The number of aliphatic hydroxyl groups excluding tert-OH is 1. The molecule has 0 saturated carbocycles. The minimum absolute atomic E-state index is 0.0719. The van der Waals surface area contributed by atoms with Gasteiger partial charge in [-0.2, -0.15) is 5.26 Å². The molecule has 12 heavy (non-hydrogen) atoms. The molecule has 0 heterocycles. The second kappa shape index (κ2) is 4.15. The summed E-state index contributed by atoms with van der Waals surface area (Å²) in [6.45, 7) is -0.0719. The van der Waals surface area contributed by atoms with Crippen LogP contribution in [0.25, 0.3) is 0 Å². The lowest BCUT2D eigenvalue weighted by Crippen LogP contribution is -1.88. The summed E-state index contributed by atoms with van der Waals surface area (Å²) in [5, 5.41) is 17.6. The first kappa shape index (κ1) is 9.11. The van der Waals surface area contributed by atoms with Gasteiger partial charge in [0.25, 0.3) is 0 Å². The lowest BCUT2D eigenvalue weighted by atomic mass is 10.1. The first-order chi connectivity index (χ1) is 5.81. The van der Waals surface area contributed by atoms with Crippen molar-refractivity contribution >= 4 is 11.8 Å². The fraction of sp³-hybridized carbons (Fsp3) is 0.222. The summed E-state index contributed by atoms with van der Waals surface area (Å²) in [5.41, 5.74) is 1.25. The Morgan fingerprint density at radius 3 is 2.83 bits per heavy atom. The molecular weight excluding hydrogens is 170 g/mol. The smallest absolute Gasteiger partial charge is 0.0995 e. The summed E-state index contributed by atoms with van der Waals surface area (Å²) in [7, 11) is 0. The van der Waals surface area contributed by atoms with Crippen molar-refractivity contribution < 1.29 is 5.11 Å². The quantitative estimate of drug-likeness (QED) is 0.704. The first-order valence-corrected chi connectivity index (χ1v) is 4.72. The van der Waals surface area contributed by atoms with Crippen molar-refractivity contribution in [3.63, 3.8) is 0 Å². The molecule has 1 aromatic carbocycles. The van der Waals surface area contributed by atoms with Crippen LogP contribution in [0.5, 0.6) is 0 Å². The Labute approximate surface area is 75.8 Å². The highest BCUT2D eigenvalue weighted by atomic mass is 32.2. The molecule has 0 fully saturated rings. The highest BCUT2D eigenvalue weighted by Gasteiger charge is 2.00. The van der Waals surface area contributed by atoms with Crippen molar-refractivity contribution in [3.8, 4) is 6.07 Å². The molecule has 0 bridgehead atoms. The van der Waals surface area contributed by atoms with E-state index in [9.17, 15) is 0 Å². The highest BCUT2D eigenvalue weighted by Crippen LogP contribution is 2.18. The lowest BCUT2D eigenvalue weighted by Gasteiger charge is -2.01. The molecule has 62 valence electrons. The largest absolute Gasteiger partial charge is 0.392 e. The minimum atomic E-state index is -0.0719. The van der Waals surface area contributed by atoms with Crippen LogP contribution in [-0.4, -0.2) is 11.4 Å². The Hall–Kier alpha value is -0.980. The van der Waals surface area contributed by atoms with Gasteiger partial charge in [-0.1, -0.05) is 6.07 Å². The van der Waals surface area contributed by atoms with Crippen LogP contribution in [0, 0.1) is 11.3 Å². The number of rotatable bonds is 2. The summed E-state index contributed by atoms with van der Waals surface area (Å²) in [6, 6.07) is 7.52. The van der Waals surface area contributed by atoms with Crippen LogP contribution >= 0.6 is 11.8 Å². The molecule has 0 unspecified atom stereocenters. The molecule has 0 atom stereocenters. The topological polar surface area (TPSA) is 44.0 Å². The molecule has 0 aliphatic heterocycles. The fourth-order valence-electron chi connectivity index (χ4n) is 0.924. The van der Waals surface area contributed by atoms with E-state index < -0.39 is 0 Å². The number of aliphatic hydroxyl groups is 1. The summed E-state index contributed by atoms with van der Waals surface area (Å²) in [6.07, 6.45) is 1.95. The van der Waals surface area contributed by atoms with E-state index in [1.54, 1.807) is 23.9 Å².